The Kier molecular flexibility index (Phi) is 6.58. The first-order valence-electron chi connectivity index (χ1n) is 6.07. The molecule has 0 spiro atoms. The van der Waals surface area contributed by atoms with E-state index in [9.17, 15) is 0 Å². The lowest BCUT2D eigenvalue weighted by molar-refractivity contribution is 0.170. The number of hydrogen-bond acceptors (Lipinski definition) is 4. The maximum atomic E-state index is 5.54. The predicted molar refractivity (Wildman–Crippen MR) is 68.3 cm³/mol. The fraction of sp³-hybridized carbons (Fsp3) is 0.615. The summed E-state index contributed by atoms with van der Waals surface area (Å²) in [6, 6.07) is 3.99. The van der Waals surface area contributed by atoms with E-state index in [1.54, 1.807) is 7.11 Å². The topological polar surface area (TPSA) is 43.4 Å². The lowest BCUT2D eigenvalue weighted by Gasteiger charge is -2.09. The van der Waals surface area contributed by atoms with Gasteiger partial charge in [0.25, 0.3) is 0 Å². The van der Waals surface area contributed by atoms with Gasteiger partial charge < -0.3 is 14.8 Å². The molecule has 0 aliphatic carbocycles. The summed E-state index contributed by atoms with van der Waals surface area (Å²) in [5, 5.41) is 3.29. The largest absolute Gasteiger partial charge is 0.478 e. The first kappa shape index (κ1) is 13.9. The van der Waals surface area contributed by atoms with Gasteiger partial charge in [-0.25, -0.2) is 4.98 Å². The molecule has 0 fully saturated rings. The standard InChI is InChI=1S/C13H22N2O2/c1-4-14-10-12-6-7-13(15-11(12)2)17-9-5-8-16-3/h6-7,14H,4-5,8-10H2,1-3H3. The van der Waals surface area contributed by atoms with Crippen LogP contribution in [0.3, 0.4) is 0 Å². The third-order valence-electron chi connectivity index (χ3n) is 2.48. The minimum absolute atomic E-state index is 0.646. The third-order valence-corrected chi connectivity index (χ3v) is 2.48. The van der Waals surface area contributed by atoms with E-state index in [4.69, 9.17) is 9.47 Å². The molecule has 0 radical (unpaired) electrons. The number of ether oxygens (including phenoxy) is 2. The molecule has 4 heteroatoms. The van der Waals surface area contributed by atoms with E-state index in [0.29, 0.717) is 12.5 Å². The van der Waals surface area contributed by atoms with Gasteiger partial charge in [-0.2, -0.15) is 0 Å². The Morgan fingerprint density at radius 3 is 2.76 bits per heavy atom. The molecule has 0 aliphatic rings. The number of aryl methyl sites for hydroxylation is 1. The van der Waals surface area contributed by atoms with Gasteiger partial charge >= 0.3 is 0 Å². The highest BCUT2D eigenvalue weighted by molar-refractivity contribution is 5.24. The molecule has 0 unspecified atom stereocenters. The van der Waals surface area contributed by atoms with Crippen molar-refractivity contribution < 1.29 is 9.47 Å². The summed E-state index contributed by atoms with van der Waals surface area (Å²) in [6.45, 7) is 7.29. The van der Waals surface area contributed by atoms with E-state index in [1.807, 2.05) is 13.0 Å². The number of nitrogens with one attached hydrogen (secondary N) is 1. The molecule has 0 aliphatic heterocycles. The molecule has 0 aromatic carbocycles. The van der Waals surface area contributed by atoms with Crippen molar-refractivity contribution in [3.8, 4) is 5.88 Å². The number of methoxy groups -OCH3 is 1. The van der Waals surface area contributed by atoms with Gasteiger partial charge in [0, 0.05) is 38.4 Å². The van der Waals surface area contributed by atoms with Crippen LogP contribution in [0, 0.1) is 6.92 Å². The minimum Gasteiger partial charge on any atom is -0.478 e. The molecule has 0 saturated carbocycles. The SMILES string of the molecule is CCNCc1ccc(OCCCOC)nc1C. The average molecular weight is 238 g/mol. The molecule has 1 heterocycles. The molecule has 1 aromatic rings. The zero-order valence-corrected chi connectivity index (χ0v) is 11.0. The molecule has 96 valence electrons. The van der Waals surface area contributed by atoms with E-state index < -0.39 is 0 Å². The molecular weight excluding hydrogens is 216 g/mol. The molecule has 1 aromatic heterocycles. The van der Waals surface area contributed by atoms with Crippen molar-refractivity contribution in [1.82, 2.24) is 10.3 Å². The lowest BCUT2D eigenvalue weighted by Crippen LogP contribution is -2.13. The van der Waals surface area contributed by atoms with Crippen molar-refractivity contribution in [3.05, 3.63) is 23.4 Å². The quantitative estimate of drug-likeness (QED) is 0.703. The summed E-state index contributed by atoms with van der Waals surface area (Å²) in [5.41, 5.74) is 2.24. The molecule has 17 heavy (non-hydrogen) atoms. The van der Waals surface area contributed by atoms with Gasteiger partial charge in [-0.05, 0) is 19.0 Å². The van der Waals surface area contributed by atoms with Crippen LogP contribution in [-0.4, -0.2) is 31.9 Å². The van der Waals surface area contributed by atoms with Gasteiger partial charge in [-0.3, -0.25) is 0 Å². The van der Waals surface area contributed by atoms with Crippen LogP contribution in [0.25, 0.3) is 0 Å². The van der Waals surface area contributed by atoms with Crippen LogP contribution >= 0.6 is 0 Å². The van der Waals surface area contributed by atoms with Gasteiger partial charge in [0.15, 0.2) is 0 Å². The maximum Gasteiger partial charge on any atom is 0.213 e. The van der Waals surface area contributed by atoms with E-state index in [-0.39, 0.29) is 0 Å². The third kappa shape index (κ3) is 5.15. The first-order chi connectivity index (χ1) is 8.27. The van der Waals surface area contributed by atoms with Crippen molar-refractivity contribution in [2.24, 2.45) is 0 Å². The Labute approximate surface area is 103 Å². The molecule has 0 bridgehead atoms. The number of nitrogens with zero attached hydrogens (tertiary/aromatic N) is 1. The maximum absolute atomic E-state index is 5.54. The molecule has 1 rings (SSSR count). The number of pyridine rings is 1. The highest BCUT2D eigenvalue weighted by atomic mass is 16.5. The van der Waals surface area contributed by atoms with E-state index in [1.165, 1.54) is 5.56 Å². The van der Waals surface area contributed by atoms with Crippen LogP contribution in [0.5, 0.6) is 5.88 Å². The zero-order valence-electron chi connectivity index (χ0n) is 11.0. The summed E-state index contributed by atoms with van der Waals surface area (Å²) in [6.07, 6.45) is 0.885. The van der Waals surface area contributed by atoms with E-state index >= 15 is 0 Å². The second-order valence-corrected chi connectivity index (χ2v) is 3.87. The van der Waals surface area contributed by atoms with Crippen molar-refractivity contribution in [2.75, 3.05) is 26.9 Å². The van der Waals surface area contributed by atoms with Crippen molar-refractivity contribution in [3.63, 3.8) is 0 Å². The predicted octanol–water partition coefficient (Wildman–Crippen LogP) is 1.91. The smallest absolute Gasteiger partial charge is 0.213 e. The Morgan fingerprint density at radius 2 is 2.12 bits per heavy atom. The van der Waals surface area contributed by atoms with Crippen LogP contribution in [0.1, 0.15) is 24.6 Å². The van der Waals surface area contributed by atoms with E-state index in [2.05, 4.69) is 23.3 Å². The molecule has 0 amide bonds. The normalized spacial score (nSPS) is 10.5. The molecule has 4 nitrogen and oxygen atoms in total. The Morgan fingerprint density at radius 1 is 1.29 bits per heavy atom. The Hall–Kier alpha value is -1.13. The molecule has 0 atom stereocenters. The van der Waals surface area contributed by atoms with Crippen LogP contribution in [-0.2, 0) is 11.3 Å². The van der Waals surface area contributed by atoms with Gasteiger partial charge in [0.1, 0.15) is 0 Å². The summed E-state index contributed by atoms with van der Waals surface area (Å²) < 4.78 is 10.5. The minimum atomic E-state index is 0.646. The lowest BCUT2D eigenvalue weighted by atomic mass is 10.2. The fourth-order valence-electron chi connectivity index (χ4n) is 1.47. The number of rotatable bonds is 8. The Bertz CT molecular complexity index is 329. The highest BCUT2D eigenvalue weighted by Gasteiger charge is 2.02. The van der Waals surface area contributed by atoms with Crippen LogP contribution in [0.2, 0.25) is 0 Å². The molecule has 0 saturated heterocycles. The summed E-state index contributed by atoms with van der Waals surface area (Å²) in [4.78, 5) is 4.42. The number of hydrogen-bond donors (Lipinski definition) is 1. The van der Waals surface area contributed by atoms with Gasteiger partial charge in [0.2, 0.25) is 5.88 Å². The summed E-state index contributed by atoms with van der Waals surface area (Å²) in [5.74, 6) is 0.693. The first-order valence-corrected chi connectivity index (χ1v) is 6.07. The Balaban J connectivity index is 2.44. The fourth-order valence-corrected chi connectivity index (χ4v) is 1.47. The monoisotopic (exact) mass is 238 g/mol. The van der Waals surface area contributed by atoms with Crippen molar-refractivity contribution in [2.45, 2.75) is 26.8 Å². The van der Waals surface area contributed by atoms with E-state index in [0.717, 1.165) is 31.8 Å². The van der Waals surface area contributed by atoms with Crippen LogP contribution in [0.4, 0.5) is 0 Å². The van der Waals surface area contributed by atoms with Crippen LogP contribution in [0.15, 0.2) is 12.1 Å². The molecular formula is C13H22N2O2. The summed E-state index contributed by atoms with van der Waals surface area (Å²) in [7, 11) is 1.69. The summed E-state index contributed by atoms with van der Waals surface area (Å²) >= 11 is 0. The van der Waals surface area contributed by atoms with Gasteiger partial charge in [-0.1, -0.05) is 13.0 Å². The second-order valence-electron chi connectivity index (χ2n) is 3.87. The molecule has 1 N–H and O–H groups in total. The highest BCUT2D eigenvalue weighted by Crippen LogP contribution is 2.12. The van der Waals surface area contributed by atoms with Gasteiger partial charge in [0.05, 0.1) is 6.61 Å². The second kappa shape index (κ2) is 8.03. The zero-order chi connectivity index (χ0) is 12.5. The number of aromatic nitrogens is 1. The van der Waals surface area contributed by atoms with Crippen molar-refractivity contribution in [1.29, 1.82) is 0 Å². The van der Waals surface area contributed by atoms with Gasteiger partial charge in [-0.15, -0.1) is 0 Å². The van der Waals surface area contributed by atoms with Crippen LogP contribution < -0.4 is 10.1 Å². The van der Waals surface area contributed by atoms with Crippen molar-refractivity contribution >= 4 is 0 Å². The average Bonchev–Trinajstić information content (AvgIpc) is 2.34.